The number of methoxy groups -OCH3 is 1. The van der Waals surface area contributed by atoms with Gasteiger partial charge in [-0.15, -0.1) is 0 Å². The molecule has 6 nitrogen and oxygen atoms in total. The normalized spacial score (nSPS) is 11.8. The summed E-state index contributed by atoms with van der Waals surface area (Å²) < 4.78 is 45.1. The van der Waals surface area contributed by atoms with Gasteiger partial charge >= 0.3 is 6.18 Å². The molecule has 0 radical (unpaired) electrons. The minimum atomic E-state index is -4.57. The average Bonchev–Trinajstić information content (AvgIpc) is 3.13. The summed E-state index contributed by atoms with van der Waals surface area (Å²) in [5.41, 5.74) is 0.574. The number of alkyl halides is 3. The average molecular weight is 412 g/mol. The SMILES string of the molecule is CCCCN(C)Cc1cn[nH]c1-c1cc(C(=O)NCCOC)cc(C(F)(F)F)c1. The highest BCUT2D eigenvalue weighted by molar-refractivity contribution is 5.95. The highest BCUT2D eigenvalue weighted by atomic mass is 19.4. The van der Waals surface area contributed by atoms with Crippen molar-refractivity contribution in [2.24, 2.45) is 0 Å². The van der Waals surface area contributed by atoms with E-state index in [0.717, 1.165) is 37.1 Å². The maximum absolute atomic E-state index is 13.4. The summed E-state index contributed by atoms with van der Waals surface area (Å²) in [5, 5.41) is 9.35. The second-order valence-electron chi connectivity index (χ2n) is 6.91. The Kier molecular flexibility index (Phi) is 8.21. The molecule has 0 unspecified atom stereocenters. The fraction of sp³-hybridized carbons (Fsp3) is 0.500. The summed E-state index contributed by atoms with van der Waals surface area (Å²) in [7, 11) is 3.43. The summed E-state index contributed by atoms with van der Waals surface area (Å²) in [6.07, 6.45) is -0.886. The number of unbranched alkanes of at least 4 members (excludes halogenated alkanes) is 1. The number of carbonyl (C=O) groups is 1. The molecular formula is C20H27F3N4O2. The summed E-state index contributed by atoms with van der Waals surface area (Å²) in [6.45, 7) is 3.98. The molecule has 2 N–H and O–H groups in total. The quantitative estimate of drug-likeness (QED) is 0.584. The predicted molar refractivity (Wildman–Crippen MR) is 104 cm³/mol. The first-order chi connectivity index (χ1) is 13.8. The van der Waals surface area contributed by atoms with Gasteiger partial charge in [-0.2, -0.15) is 18.3 Å². The van der Waals surface area contributed by atoms with Gasteiger partial charge in [-0.1, -0.05) is 13.3 Å². The van der Waals surface area contributed by atoms with E-state index in [1.165, 1.54) is 13.2 Å². The van der Waals surface area contributed by atoms with E-state index in [0.29, 0.717) is 12.2 Å². The highest BCUT2D eigenvalue weighted by Crippen LogP contribution is 2.34. The van der Waals surface area contributed by atoms with Crippen molar-refractivity contribution in [2.75, 3.05) is 33.9 Å². The number of benzene rings is 1. The van der Waals surface area contributed by atoms with E-state index in [-0.39, 0.29) is 24.3 Å². The van der Waals surface area contributed by atoms with Crippen molar-refractivity contribution in [1.29, 1.82) is 0 Å². The van der Waals surface area contributed by atoms with Gasteiger partial charge < -0.3 is 15.0 Å². The number of nitrogens with one attached hydrogen (secondary N) is 2. The molecular weight excluding hydrogens is 385 g/mol. The van der Waals surface area contributed by atoms with E-state index >= 15 is 0 Å². The van der Waals surface area contributed by atoms with Crippen LogP contribution in [0, 0.1) is 0 Å². The van der Waals surface area contributed by atoms with Gasteiger partial charge in [0, 0.05) is 36.9 Å². The van der Waals surface area contributed by atoms with Gasteiger partial charge in [0.25, 0.3) is 5.91 Å². The van der Waals surface area contributed by atoms with Gasteiger partial charge in [-0.05, 0) is 38.2 Å². The highest BCUT2D eigenvalue weighted by Gasteiger charge is 2.32. The van der Waals surface area contributed by atoms with E-state index in [1.807, 2.05) is 7.05 Å². The number of H-pyrrole nitrogens is 1. The zero-order chi connectivity index (χ0) is 21.4. The van der Waals surface area contributed by atoms with Crippen molar-refractivity contribution < 1.29 is 22.7 Å². The Balaban J connectivity index is 2.36. The summed E-state index contributed by atoms with van der Waals surface area (Å²) in [4.78, 5) is 14.4. The van der Waals surface area contributed by atoms with Crippen LogP contribution in [0.2, 0.25) is 0 Å². The Bertz CT molecular complexity index is 805. The predicted octanol–water partition coefficient (Wildman–Crippen LogP) is 3.70. The van der Waals surface area contributed by atoms with Crippen molar-refractivity contribution in [2.45, 2.75) is 32.5 Å². The van der Waals surface area contributed by atoms with Crippen LogP contribution in [0.15, 0.2) is 24.4 Å². The van der Waals surface area contributed by atoms with E-state index < -0.39 is 17.6 Å². The molecule has 0 saturated heterocycles. The molecule has 0 fully saturated rings. The summed E-state index contributed by atoms with van der Waals surface area (Å²) >= 11 is 0. The molecule has 2 rings (SSSR count). The Morgan fingerprint density at radius 2 is 2.07 bits per heavy atom. The topological polar surface area (TPSA) is 70.2 Å². The zero-order valence-corrected chi connectivity index (χ0v) is 16.9. The third-order valence-electron chi connectivity index (χ3n) is 4.45. The maximum Gasteiger partial charge on any atom is 0.416 e. The summed E-state index contributed by atoms with van der Waals surface area (Å²) in [6, 6.07) is 3.34. The number of hydrogen-bond acceptors (Lipinski definition) is 4. The van der Waals surface area contributed by atoms with Gasteiger partial charge in [-0.25, -0.2) is 0 Å². The number of aromatic amines is 1. The Labute approximate surface area is 168 Å². The van der Waals surface area contributed by atoms with Crippen LogP contribution in [0.3, 0.4) is 0 Å². The largest absolute Gasteiger partial charge is 0.416 e. The van der Waals surface area contributed by atoms with Crippen molar-refractivity contribution >= 4 is 5.91 Å². The lowest BCUT2D eigenvalue weighted by atomic mass is 10.0. The molecule has 9 heteroatoms. The van der Waals surface area contributed by atoms with E-state index in [1.54, 1.807) is 6.20 Å². The van der Waals surface area contributed by atoms with Gasteiger partial charge in [0.05, 0.1) is 24.1 Å². The molecule has 0 aliphatic rings. The van der Waals surface area contributed by atoms with E-state index in [4.69, 9.17) is 4.74 Å². The fourth-order valence-electron chi connectivity index (χ4n) is 2.91. The maximum atomic E-state index is 13.4. The van der Waals surface area contributed by atoms with Crippen LogP contribution in [0.1, 0.15) is 41.3 Å². The standard InChI is InChI=1S/C20H27F3N4O2/c1-4-5-7-27(2)13-16-12-25-26-18(16)14-9-15(19(28)24-6-8-29-3)11-17(10-14)20(21,22)23/h9-12H,4-8,13H2,1-3H3,(H,24,28)(H,25,26). The first kappa shape index (κ1) is 22.9. The molecule has 1 heterocycles. The molecule has 29 heavy (non-hydrogen) atoms. The molecule has 1 aromatic heterocycles. The lowest BCUT2D eigenvalue weighted by Crippen LogP contribution is -2.27. The molecule has 160 valence electrons. The Morgan fingerprint density at radius 3 is 2.72 bits per heavy atom. The van der Waals surface area contributed by atoms with Crippen molar-refractivity contribution in [3.63, 3.8) is 0 Å². The van der Waals surface area contributed by atoms with Crippen LogP contribution >= 0.6 is 0 Å². The molecule has 1 amide bonds. The Morgan fingerprint density at radius 1 is 1.31 bits per heavy atom. The molecule has 0 saturated carbocycles. The fourth-order valence-corrected chi connectivity index (χ4v) is 2.91. The number of rotatable bonds is 10. The second-order valence-corrected chi connectivity index (χ2v) is 6.91. The van der Waals surface area contributed by atoms with Crippen molar-refractivity contribution in [3.8, 4) is 11.3 Å². The number of halogens is 3. The van der Waals surface area contributed by atoms with E-state index in [9.17, 15) is 18.0 Å². The number of amides is 1. The minimum Gasteiger partial charge on any atom is -0.383 e. The molecule has 0 bridgehead atoms. The number of ether oxygens (including phenoxy) is 1. The second kappa shape index (κ2) is 10.4. The van der Waals surface area contributed by atoms with Crippen LogP contribution in [-0.2, 0) is 17.5 Å². The first-order valence-corrected chi connectivity index (χ1v) is 9.46. The molecule has 0 aliphatic heterocycles. The number of carbonyl (C=O) groups excluding carboxylic acids is 1. The number of hydrogen-bond donors (Lipinski definition) is 2. The van der Waals surface area contributed by atoms with Crippen LogP contribution in [-0.4, -0.2) is 54.9 Å². The molecule has 0 spiro atoms. The van der Waals surface area contributed by atoms with Gasteiger partial charge in [-0.3, -0.25) is 9.89 Å². The first-order valence-electron chi connectivity index (χ1n) is 9.46. The Hall–Kier alpha value is -2.39. The third-order valence-corrected chi connectivity index (χ3v) is 4.45. The van der Waals surface area contributed by atoms with Crippen LogP contribution in [0.25, 0.3) is 11.3 Å². The van der Waals surface area contributed by atoms with E-state index in [2.05, 4.69) is 27.3 Å². The van der Waals surface area contributed by atoms with Gasteiger partial charge in [0.2, 0.25) is 0 Å². The van der Waals surface area contributed by atoms with Crippen LogP contribution in [0.4, 0.5) is 13.2 Å². The van der Waals surface area contributed by atoms with Crippen molar-refractivity contribution in [1.82, 2.24) is 20.4 Å². The van der Waals surface area contributed by atoms with Crippen molar-refractivity contribution in [3.05, 3.63) is 41.1 Å². The van der Waals surface area contributed by atoms with Crippen LogP contribution < -0.4 is 5.32 Å². The lowest BCUT2D eigenvalue weighted by Gasteiger charge is -2.17. The zero-order valence-electron chi connectivity index (χ0n) is 16.9. The van der Waals surface area contributed by atoms with Gasteiger partial charge in [0.1, 0.15) is 0 Å². The molecule has 1 aromatic carbocycles. The minimum absolute atomic E-state index is 0.0641. The number of nitrogens with zero attached hydrogens (tertiary/aromatic N) is 2. The monoisotopic (exact) mass is 412 g/mol. The van der Waals surface area contributed by atoms with Crippen LogP contribution in [0.5, 0.6) is 0 Å². The lowest BCUT2D eigenvalue weighted by molar-refractivity contribution is -0.137. The summed E-state index contributed by atoms with van der Waals surface area (Å²) in [5.74, 6) is -0.587. The molecule has 0 atom stereocenters. The van der Waals surface area contributed by atoms with Gasteiger partial charge in [0.15, 0.2) is 0 Å². The number of aromatic nitrogens is 2. The smallest absolute Gasteiger partial charge is 0.383 e. The third kappa shape index (κ3) is 6.57. The molecule has 2 aromatic rings. The molecule has 0 aliphatic carbocycles.